The summed E-state index contributed by atoms with van der Waals surface area (Å²) in [7, 11) is 0. The van der Waals surface area contributed by atoms with Crippen LogP contribution in [-0.4, -0.2) is 39.1 Å². The predicted octanol–water partition coefficient (Wildman–Crippen LogP) is 1.30. The Labute approximate surface area is 147 Å². The van der Waals surface area contributed by atoms with Gasteiger partial charge in [-0.3, -0.25) is 19.7 Å². The van der Waals surface area contributed by atoms with Gasteiger partial charge in [0, 0.05) is 11.6 Å². The van der Waals surface area contributed by atoms with Crippen molar-refractivity contribution in [2.45, 2.75) is 36.1 Å². The molecule has 25 heavy (non-hydrogen) atoms. The van der Waals surface area contributed by atoms with Crippen LogP contribution in [0, 0.1) is 10.1 Å². The molecule has 0 heterocycles. The normalized spacial score (nSPS) is 15.5. The molecule has 1 fully saturated rings. The molecule has 0 saturated heterocycles. The third kappa shape index (κ3) is 4.27. The second-order valence-electron chi connectivity index (χ2n) is 5.74. The van der Waals surface area contributed by atoms with Crippen LogP contribution in [0.15, 0.2) is 23.1 Å². The number of hydrogen-bond acceptors (Lipinski definition) is 6. The van der Waals surface area contributed by atoms with Gasteiger partial charge in [0.25, 0.3) is 5.69 Å². The zero-order valence-electron chi connectivity index (χ0n) is 13.2. The number of nitrogens with two attached hydrogens (primary N) is 1. The Balaban J connectivity index is 2.08. The maximum absolute atomic E-state index is 12.1. The van der Waals surface area contributed by atoms with Crippen LogP contribution < -0.4 is 11.1 Å². The van der Waals surface area contributed by atoms with Crippen molar-refractivity contribution in [1.29, 1.82) is 0 Å². The first-order chi connectivity index (χ1) is 11.7. The average molecular weight is 367 g/mol. The number of primary amides is 1. The Morgan fingerprint density at radius 1 is 1.32 bits per heavy atom. The summed E-state index contributed by atoms with van der Waals surface area (Å²) in [4.78, 5) is 45.3. The maximum atomic E-state index is 12.1. The monoisotopic (exact) mass is 367 g/mol. The van der Waals surface area contributed by atoms with Crippen LogP contribution in [0.1, 0.15) is 36.0 Å². The SMILES string of the molecule is NC(=O)c1ccc(SCC(=O)NC2(C(=O)O)CCCC2)c([N+](=O)[O-])c1. The number of carbonyl (C=O) groups excluding carboxylic acids is 2. The highest BCUT2D eigenvalue weighted by Crippen LogP contribution is 2.32. The first-order valence-corrected chi connectivity index (χ1v) is 8.49. The smallest absolute Gasteiger partial charge is 0.329 e. The van der Waals surface area contributed by atoms with Crippen molar-refractivity contribution in [3.63, 3.8) is 0 Å². The van der Waals surface area contributed by atoms with Crippen LogP contribution in [0.25, 0.3) is 0 Å². The van der Waals surface area contributed by atoms with E-state index in [0.717, 1.165) is 30.7 Å². The van der Waals surface area contributed by atoms with E-state index in [1.165, 1.54) is 12.1 Å². The summed E-state index contributed by atoms with van der Waals surface area (Å²) in [6, 6.07) is 3.74. The number of thioether (sulfide) groups is 1. The summed E-state index contributed by atoms with van der Waals surface area (Å²) in [6.07, 6.45) is 2.18. The lowest BCUT2D eigenvalue weighted by atomic mass is 9.98. The highest BCUT2D eigenvalue weighted by molar-refractivity contribution is 8.00. The first-order valence-electron chi connectivity index (χ1n) is 7.50. The molecular weight excluding hydrogens is 350 g/mol. The van der Waals surface area contributed by atoms with Gasteiger partial charge in [0.15, 0.2) is 0 Å². The highest BCUT2D eigenvalue weighted by atomic mass is 32.2. The van der Waals surface area contributed by atoms with Crippen molar-refractivity contribution in [1.82, 2.24) is 5.32 Å². The van der Waals surface area contributed by atoms with E-state index in [4.69, 9.17) is 5.73 Å². The lowest BCUT2D eigenvalue weighted by Gasteiger charge is -2.25. The molecular formula is C15H17N3O6S. The zero-order chi connectivity index (χ0) is 18.6. The van der Waals surface area contributed by atoms with Crippen molar-refractivity contribution in [2.24, 2.45) is 5.73 Å². The molecule has 0 spiro atoms. The second kappa shape index (κ2) is 7.51. The van der Waals surface area contributed by atoms with E-state index in [1.54, 1.807) is 0 Å². The molecule has 9 nitrogen and oxygen atoms in total. The number of nitro groups is 1. The Hall–Kier alpha value is -2.62. The summed E-state index contributed by atoms with van der Waals surface area (Å²) in [5.74, 6) is -2.55. The molecule has 10 heteroatoms. The van der Waals surface area contributed by atoms with Gasteiger partial charge in [0.1, 0.15) is 5.54 Å². The van der Waals surface area contributed by atoms with Gasteiger partial charge in [0.05, 0.1) is 15.6 Å². The molecule has 1 saturated carbocycles. The molecule has 2 rings (SSSR count). The minimum atomic E-state index is -1.25. The minimum absolute atomic E-state index is 0.00344. The molecule has 0 atom stereocenters. The Kier molecular flexibility index (Phi) is 5.62. The fourth-order valence-electron chi connectivity index (χ4n) is 2.75. The molecule has 0 bridgehead atoms. The summed E-state index contributed by atoms with van der Waals surface area (Å²) in [5.41, 5.74) is 3.52. The number of nitrogens with zero attached hydrogens (tertiary/aromatic N) is 1. The fourth-order valence-corrected chi connectivity index (χ4v) is 3.56. The molecule has 1 aromatic rings. The van der Waals surface area contributed by atoms with Gasteiger partial charge < -0.3 is 16.2 Å². The Morgan fingerprint density at radius 2 is 1.96 bits per heavy atom. The lowest BCUT2D eigenvalue weighted by molar-refractivity contribution is -0.387. The number of nitro benzene ring substituents is 1. The van der Waals surface area contributed by atoms with Crippen molar-refractivity contribution in [3.8, 4) is 0 Å². The van der Waals surface area contributed by atoms with Gasteiger partial charge in [0.2, 0.25) is 11.8 Å². The van der Waals surface area contributed by atoms with Crippen molar-refractivity contribution >= 4 is 35.2 Å². The van der Waals surface area contributed by atoms with Gasteiger partial charge in [-0.2, -0.15) is 0 Å². The average Bonchev–Trinajstić information content (AvgIpc) is 3.02. The van der Waals surface area contributed by atoms with Crippen LogP contribution in [0.3, 0.4) is 0 Å². The standard InChI is InChI=1S/C15H17N3O6S/c16-13(20)9-3-4-11(10(7-9)18(23)24)25-8-12(19)17-15(14(21)22)5-1-2-6-15/h3-4,7H,1-2,5-6,8H2,(H2,16,20)(H,17,19)(H,21,22). The molecule has 1 aliphatic carbocycles. The van der Waals surface area contributed by atoms with E-state index in [0.29, 0.717) is 12.8 Å². The zero-order valence-corrected chi connectivity index (χ0v) is 14.0. The number of carboxylic acids is 1. The van der Waals surface area contributed by atoms with Gasteiger partial charge in [-0.15, -0.1) is 11.8 Å². The van der Waals surface area contributed by atoms with E-state index in [-0.39, 0.29) is 21.9 Å². The number of carboxylic acid groups (broad SMARTS) is 1. The number of benzene rings is 1. The van der Waals surface area contributed by atoms with Crippen molar-refractivity contribution < 1.29 is 24.4 Å². The summed E-state index contributed by atoms with van der Waals surface area (Å²) in [6.45, 7) is 0. The van der Waals surface area contributed by atoms with Crippen molar-refractivity contribution in [2.75, 3.05) is 5.75 Å². The Bertz CT molecular complexity index is 730. The van der Waals surface area contributed by atoms with E-state index in [9.17, 15) is 29.6 Å². The Morgan fingerprint density at radius 3 is 2.48 bits per heavy atom. The third-order valence-corrected chi connectivity index (χ3v) is 5.11. The largest absolute Gasteiger partial charge is 0.480 e. The number of nitrogens with one attached hydrogen (secondary N) is 1. The van der Waals surface area contributed by atoms with Gasteiger partial charge in [-0.1, -0.05) is 12.8 Å². The predicted molar refractivity (Wildman–Crippen MR) is 89.3 cm³/mol. The van der Waals surface area contributed by atoms with E-state index < -0.39 is 28.2 Å². The lowest BCUT2D eigenvalue weighted by Crippen LogP contribution is -2.53. The number of carbonyl (C=O) groups is 3. The summed E-state index contributed by atoms with van der Waals surface area (Å²) in [5, 5.41) is 23.0. The maximum Gasteiger partial charge on any atom is 0.329 e. The van der Waals surface area contributed by atoms with E-state index in [2.05, 4.69) is 5.32 Å². The molecule has 4 N–H and O–H groups in total. The van der Waals surface area contributed by atoms with Gasteiger partial charge in [-0.25, -0.2) is 4.79 Å². The van der Waals surface area contributed by atoms with E-state index in [1.807, 2.05) is 0 Å². The molecule has 134 valence electrons. The topological polar surface area (TPSA) is 153 Å². The van der Waals surface area contributed by atoms with Crippen LogP contribution in [-0.2, 0) is 9.59 Å². The van der Waals surface area contributed by atoms with E-state index >= 15 is 0 Å². The van der Waals surface area contributed by atoms with Crippen LogP contribution in [0.4, 0.5) is 5.69 Å². The molecule has 2 amide bonds. The molecule has 1 aromatic carbocycles. The summed E-state index contributed by atoms with van der Waals surface area (Å²) < 4.78 is 0. The second-order valence-corrected chi connectivity index (χ2v) is 6.75. The number of aliphatic carboxylic acids is 1. The van der Waals surface area contributed by atoms with Gasteiger partial charge in [-0.05, 0) is 25.0 Å². The van der Waals surface area contributed by atoms with Crippen LogP contribution >= 0.6 is 11.8 Å². The number of amides is 2. The minimum Gasteiger partial charge on any atom is -0.480 e. The first kappa shape index (κ1) is 18.7. The molecule has 0 aliphatic heterocycles. The highest BCUT2D eigenvalue weighted by Gasteiger charge is 2.42. The number of rotatable bonds is 7. The quantitative estimate of drug-likeness (QED) is 0.373. The van der Waals surface area contributed by atoms with Gasteiger partial charge >= 0.3 is 5.97 Å². The molecule has 0 unspecified atom stereocenters. The number of hydrogen-bond donors (Lipinski definition) is 3. The molecule has 0 aromatic heterocycles. The van der Waals surface area contributed by atoms with Crippen molar-refractivity contribution in [3.05, 3.63) is 33.9 Å². The molecule has 0 radical (unpaired) electrons. The summed E-state index contributed by atoms with van der Waals surface area (Å²) >= 11 is 0.899. The third-order valence-electron chi connectivity index (χ3n) is 4.04. The van der Waals surface area contributed by atoms with Crippen LogP contribution in [0.2, 0.25) is 0 Å². The fraction of sp³-hybridized carbons (Fsp3) is 0.400. The molecule has 1 aliphatic rings. The van der Waals surface area contributed by atoms with Crippen LogP contribution in [0.5, 0.6) is 0 Å².